The summed E-state index contributed by atoms with van der Waals surface area (Å²) in [6, 6.07) is 9.87. The van der Waals surface area contributed by atoms with Crippen molar-refractivity contribution in [3.8, 4) is 5.75 Å². The number of pyridine rings is 1. The van der Waals surface area contributed by atoms with E-state index in [0.29, 0.717) is 22.8 Å². The van der Waals surface area contributed by atoms with Crippen LogP contribution in [0.25, 0.3) is 10.9 Å². The normalized spacial score (nSPS) is 17.3. The lowest BCUT2D eigenvalue weighted by atomic mass is 9.74. The fourth-order valence-electron chi connectivity index (χ4n) is 4.58. The first-order chi connectivity index (χ1) is 16.0. The number of halogens is 1. The fourth-order valence-corrected chi connectivity index (χ4v) is 6.72. The van der Waals surface area contributed by atoms with Crippen molar-refractivity contribution in [2.24, 2.45) is 5.41 Å². The maximum atomic E-state index is 11.1. The summed E-state index contributed by atoms with van der Waals surface area (Å²) in [4.78, 5) is 6.87. The van der Waals surface area contributed by atoms with Crippen LogP contribution in [0.4, 0.5) is 0 Å². The number of hydrogen-bond acceptors (Lipinski definition) is 7. The summed E-state index contributed by atoms with van der Waals surface area (Å²) in [6.45, 7) is 3.18. The van der Waals surface area contributed by atoms with Crippen LogP contribution in [0.1, 0.15) is 37.4 Å². The molecule has 1 atom stereocenters. The largest absolute Gasteiger partial charge is 0.497 e. The zero-order chi connectivity index (χ0) is 23.3. The second kappa shape index (κ2) is 11.4. The Morgan fingerprint density at radius 1 is 1.30 bits per heavy atom. The van der Waals surface area contributed by atoms with E-state index in [-0.39, 0.29) is 12.0 Å². The number of thiophene rings is 1. The molecule has 2 aromatic heterocycles. The Balaban J connectivity index is 1.35. The van der Waals surface area contributed by atoms with Crippen molar-refractivity contribution in [2.45, 2.75) is 36.0 Å². The van der Waals surface area contributed by atoms with Crippen molar-refractivity contribution in [1.29, 1.82) is 0 Å². The third-order valence-electron chi connectivity index (χ3n) is 6.75. The Morgan fingerprint density at radius 3 is 2.82 bits per heavy atom. The molecule has 1 aliphatic heterocycles. The molecule has 0 spiro atoms. The molecule has 2 N–H and O–H groups in total. The van der Waals surface area contributed by atoms with E-state index < -0.39 is 6.10 Å². The molecule has 8 heteroatoms. The van der Waals surface area contributed by atoms with E-state index in [1.807, 2.05) is 30.0 Å². The molecule has 33 heavy (non-hydrogen) atoms. The number of aliphatic hydroxyl groups is 2. The van der Waals surface area contributed by atoms with Crippen LogP contribution in [-0.4, -0.2) is 59.2 Å². The molecule has 3 heterocycles. The van der Waals surface area contributed by atoms with Gasteiger partial charge in [0.2, 0.25) is 0 Å². The summed E-state index contributed by atoms with van der Waals surface area (Å²) in [7, 11) is 1.62. The SMILES string of the molecule is COc1ccc2ncc(Cl)c([C@H](O)CCC3(CO)CCN(CCSc4cccs4)CC3)c2c1. The average molecular weight is 507 g/mol. The highest BCUT2D eigenvalue weighted by Gasteiger charge is 2.34. The van der Waals surface area contributed by atoms with Crippen LogP contribution in [0.5, 0.6) is 5.75 Å². The first-order valence-electron chi connectivity index (χ1n) is 11.3. The number of aromatic nitrogens is 1. The number of nitrogens with zero attached hydrogens (tertiary/aromatic N) is 2. The van der Waals surface area contributed by atoms with Gasteiger partial charge >= 0.3 is 0 Å². The average Bonchev–Trinajstić information content (AvgIpc) is 3.36. The summed E-state index contributed by atoms with van der Waals surface area (Å²) < 4.78 is 6.72. The molecule has 0 aliphatic carbocycles. The van der Waals surface area contributed by atoms with Gasteiger partial charge in [-0.05, 0) is 73.8 Å². The molecule has 4 rings (SSSR count). The number of piperidine rings is 1. The van der Waals surface area contributed by atoms with Crippen LogP contribution in [-0.2, 0) is 0 Å². The van der Waals surface area contributed by atoms with Gasteiger partial charge in [-0.3, -0.25) is 4.98 Å². The molecule has 0 radical (unpaired) electrons. The van der Waals surface area contributed by atoms with E-state index >= 15 is 0 Å². The van der Waals surface area contributed by atoms with E-state index in [9.17, 15) is 10.2 Å². The number of rotatable bonds is 10. The third-order valence-corrected chi connectivity index (χ3v) is 9.16. The van der Waals surface area contributed by atoms with Crippen LogP contribution in [0.2, 0.25) is 5.02 Å². The van der Waals surface area contributed by atoms with Crippen LogP contribution in [0.3, 0.4) is 0 Å². The Hall–Kier alpha value is -1.35. The lowest BCUT2D eigenvalue weighted by molar-refractivity contribution is 0.0254. The standard InChI is InChI=1S/C25H31ClN2O3S2/c1-31-18-4-5-21-19(15-18)24(20(26)16-27-21)22(30)6-7-25(17-29)8-10-28(11-9-25)12-14-33-23-3-2-13-32-23/h2-5,13,15-16,22,29-30H,6-12,14,17H2,1H3/t22-/m1/s1. The Bertz CT molecular complexity index is 1040. The van der Waals surface area contributed by atoms with Gasteiger partial charge in [0.1, 0.15) is 5.75 Å². The van der Waals surface area contributed by atoms with Crippen molar-refractivity contribution >= 4 is 45.6 Å². The summed E-state index contributed by atoms with van der Waals surface area (Å²) in [5.41, 5.74) is 1.32. The zero-order valence-electron chi connectivity index (χ0n) is 18.9. The summed E-state index contributed by atoms with van der Waals surface area (Å²) >= 11 is 10.2. The molecule has 0 unspecified atom stereocenters. The van der Waals surface area contributed by atoms with E-state index in [0.717, 1.165) is 55.6 Å². The van der Waals surface area contributed by atoms with Gasteiger partial charge in [-0.2, -0.15) is 0 Å². The van der Waals surface area contributed by atoms with Gasteiger partial charge in [-0.1, -0.05) is 17.7 Å². The van der Waals surface area contributed by atoms with Crippen LogP contribution >= 0.6 is 34.7 Å². The number of fused-ring (bicyclic) bond motifs is 1. The van der Waals surface area contributed by atoms with Gasteiger partial charge in [-0.25, -0.2) is 0 Å². The molecule has 5 nitrogen and oxygen atoms in total. The number of benzene rings is 1. The van der Waals surface area contributed by atoms with E-state index in [1.54, 1.807) is 24.6 Å². The molecule has 1 fully saturated rings. The number of hydrogen-bond donors (Lipinski definition) is 2. The van der Waals surface area contributed by atoms with Crippen LogP contribution in [0.15, 0.2) is 46.1 Å². The van der Waals surface area contributed by atoms with E-state index in [1.165, 1.54) is 4.21 Å². The predicted molar refractivity (Wildman–Crippen MR) is 138 cm³/mol. The minimum absolute atomic E-state index is 0.147. The molecule has 1 aromatic carbocycles. The molecule has 0 bridgehead atoms. The van der Waals surface area contributed by atoms with Gasteiger partial charge in [0.25, 0.3) is 0 Å². The highest BCUT2D eigenvalue weighted by atomic mass is 35.5. The van der Waals surface area contributed by atoms with Gasteiger partial charge in [-0.15, -0.1) is 23.1 Å². The molecule has 1 saturated heterocycles. The highest BCUT2D eigenvalue weighted by Crippen LogP contribution is 2.40. The maximum Gasteiger partial charge on any atom is 0.119 e. The maximum absolute atomic E-state index is 11.1. The topological polar surface area (TPSA) is 65.8 Å². The molecule has 0 amide bonds. The smallest absolute Gasteiger partial charge is 0.119 e. The predicted octanol–water partition coefficient (Wildman–Crippen LogP) is 5.64. The lowest BCUT2D eigenvalue weighted by Gasteiger charge is -2.41. The molecule has 3 aromatic rings. The molecular weight excluding hydrogens is 476 g/mol. The Labute approximate surface area is 208 Å². The van der Waals surface area contributed by atoms with Crippen molar-refractivity contribution in [2.75, 3.05) is 39.1 Å². The first kappa shape index (κ1) is 24.8. The molecular formula is C25H31ClN2O3S2. The van der Waals surface area contributed by atoms with E-state index in [4.69, 9.17) is 16.3 Å². The fraction of sp³-hybridized carbons (Fsp3) is 0.480. The van der Waals surface area contributed by atoms with Crippen LogP contribution in [0, 0.1) is 5.41 Å². The second-order valence-electron chi connectivity index (χ2n) is 8.74. The van der Waals surface area contributed by atoms with Gasteiger partial charge < -0.3 is 19.8 Å². The Kier molecular flexibility index (Phi) is 8.54. The quantitative estimate of drug-likeness (QED) is 0.347. The van der Waals surface area contributed by atoms with Gasteiger partial charge in [0.05, 0.1) is 28.0 Å². The number of methoxy groups -OCH3 is 1. The second-order valence-corrected chi connectivity index (χ2v) is 11.5. The van der Waals surface area contributed by atoms with Crippen LogP contribution < -0.4 is 4.74 Å². The zero-order valence-corrected chi connectivity index (χ0v) is 21.3. The summed E-state index contributed by atoms with van der Waals surface area (Å²) in [6.07, 6.45) is 4.07. The minimum atomic E-state index is -0.723. The number of ether oxygens (including phenoxy) is 1. The number of aliphatic hydroxyl groups excluding tert-OH is 2. The molecule has 1 aliphatic rings. The summed E-state index contributed by atoms with van der Waals surface area (Å²) in [5, 5.41) is 24.8. The first-order valence-corrected chi connectivity index (χ1v) is 13.6. The lowest BCUT2D eigenvalue weighted by Crippen LogP contribution is -2.43. The van der Waals surface area contributed by atoms with Gasteiger partial charge in [0.15, 0.2) is 0 Å². The molecule has 178 valence electrons. The van der Waals surface area contributed by atoms with Crippen molar-refractivity contribution in [3.05, 3.63) is 52.5 Å². The third kappa shape index (κ3) is 6.02. The van der Waals surface area contributed by atoms with Gasteiger partial charge in [0, 0.05) is 36.1 Å². The van der Waals surface area contributed by atoms with Crippen molar-refractivity contribution in [1.82, 2.24) is 9.88 Å². The minimum Gasteiger partial charge on any atom is -0.497 e. The van der Waals surface area contributed by atoms with Crippen molar-refractivity contribution in [3.63, 3.8) is 0 Å². The van der Waals surface area contributed by atoms with Crippen molar-refractivity contribution < 1.29 is 14.9 Å². The monoisotopic (exact) mass is 506 g/mol. The Morgan fingerprint density at radius 2 is 2.12 bits per heavy atom. The summed E-state index contributed by atoms with van der Waals surface area (Å²) in [5.74, 6) is 1.79. The number of likely N-dealkylation sites (tertiary alicyclic amines) is 1. The number of thioether (sulfide) groups is 1. The highest BCUT2D eigenvalue weighted by molar-refractivity contribution is 8.01. The molecule has 0 saturated carbocycles. The van der Waals surface area contributed by atoms with E-state index in [2.05, 4.69) is 27.4 Å².